The first-order valence-corrected chi connectivity index (χ1v) is 4.99. The van der Waals surface area contributed by atoms with Crippen LogP contribution in [0.15, 0.2) is 30.6 Å². The van der Waals surface area contributed by atoms with Crippen molar-refractivity contribution in [1.29, 1.82) is 0 Å². The highest BCUT2D eigenvalue weighted by Gasteiger charge is 2.06. The number of aromatic hydroxyl groups is 1. The lowest BCUT2D eigenvalue weighted by Crippen LogP contribution is -1.88. The van der Waals surface area contributed by atoms with Crippen LogP contribution in [0.3, 0.4) is 0 Å². The predicted octanol–water partition coefficient (Wildman–Crippen LogP) is 3.21. The van der Waals surface area contributed by atoms with E-state index in [1.165, 1.54) is 12.3 Å². The number of pyridine rings is 1. The van der Waals surface area contributed by atoms with Crippen LogP contribution in [0, 0.1) is 19.7 Å². The van der Waals surface area contributed by atoms with Gasteiger partial charge in [0.2, 0.25) is 0 Å². The van der Waals surface area contributed by atoms with Gasteiger partial charge in [-0.1, -0.05) is 0 Å². The molecule has 2 rings (SSSR count). The summed E-state index contributed by atoms with van der Waals surface area (Å²) in [4.78, 5) is 3.82. The minimum atomic E-state index is -0.359. The zero-order chi connectivity index (χ0) is 11.7. The summed E-state index contributed by atoms with van der Waals surface area (Å²) in [5, 5.41) is 9.54. The largest absolute Gasteiger partial charge is 0.508 e. The van der Waals surface area contributed by atoms with Crippen LogP contribution in [0.5, 0.6) is 5.75 Å². The van der Waals surface area contributed by atoms with E-state index in [0.717, 1.165) is 22.3 Å². The third-order valence-electron chi connectivity index (χ3n) is 2.56. The van der Waals surface area contributed by atoms with E-state index in [9.17, 15) is 9.50 Å². The molecule has 82 valence electrons. The van der Waals surface area contributed by atoms with Crippen LogP contribution in [-0.2, 0) is 0 Å². The molecule has 1 aromatic carbocycles. The molecule has 0 fully saturated rings. The molecule has 0 spiro atoms. The summed E-state index contributed by atoms with van der Waals surface area (Å²) in [6, 6.07) is 4.95. The van der Waals surface area contributed by atoms with Gasteiger partial charge in [-0.25, -0.2) is 4.39 Å². The lowest BCUT2D eigenvalue weighted by Gasteiger charge is -2.08. The van der Waals surface area contributed by atoms with Crippen LogP contribution in [0.25, 0.3) is 11.1 Å². The van der Waals surface area contributed by atoms with E-state index >= 15 is 0 Å². The van der Waals surface area contributed by atoms with Crippen molar-refractivity contribution in [3.8, 4) is 16.9 Å². The van der Waals surface area contributed by atoms with Crippen LogP contribution in [0.4, 0.5) is 4.39 Å². The molecule has 1 aromatic heterocycles. The SMILES string of the molecule is Cc1cc(-c2cncc(F)c2)c(C)cc1O. The first-order chi connectivity index (χ1) is 7.58. The number of hydrogen-bond acceptors (Lipinski definition) is 2. The minimum absolute atomic E-state index is 0.255. The van der Waals surface area contributed by atoms with Gasteiger partial charge in [0.25, 0.3) is 0 Å². The van der Waals surface area contributed by atoms with Gasteiger partial charge in [-0.05, 0) is 48.7 Å². The molecule has 0 radical (unpaired) electrons. The molecular weight excluding hydrogens is 205 g/mol. The Morgan fingerprint density at radius 2 is 1.81 bits per heavy atom. The molecule has 3 heteroatoms. The van der Waals surface area contributed by atoms with Crippen molar-refractivity contribution >= 4 is 0 Å². The Hall–Kier alpha value is -1.90. The molecule has 0 bridgehead atoms. The van der Waals surface area contributed by atoms with Crippen molar-refractivity contribution in [1.82, 2.24) is 4.98 Å². The van der Waals surface area contributed by atoms with E-state index in [-0.39, 0.29) is 11.6 Å². The van der Waals surface area contributed by atoms with Gasteiger partial charge in [0, 0.05) is 11.8 Å². The molecule has 0 unspecified atom stereocenters. The van der Waals surface area contributed by atoms with Crippen LogP contribution in [0.2, 0.25) is 0 Å². The molecular formula is C13H12FNO. The summed E-state index contributed by atoms with van der Waals surface area (Å²) in [5.74, 6) is -0.103. The lowest BCUT2D eigenvalue weighted by atomic mass is 9.99. The highest BCUT2D eigenvalue weighted by Crippen LogP contribution is 2.29. The first kappa shape index (κ1) is 10.6. The average Bonchev–Trinajstić information content (AvgIpc) is 2.23. The molecule has 0 aliphatic carbocycles. The molecule has 0 atom stereocenters. The Morgan fingerprint density at radius 3 is 2.50 bits per heavy atom. The van der Waals surface area contributed by atoms with Crippen LogP contribution >= 0.6 is 0 Å². The van der Waals surface area contributed by atoms with E-state index < -0.39 is 0 Å². The second-order valence-corrected chi connectivity index (χ2v) is 3.85. The molecule has 2 nitrogen and oxygen atoms in total. The van der Waals surface area contributed by atoms with E-state index in [1.54, 1.807) is 12.3 Å². The van der Waals surface area contributed by atoms with Gasteiger partial charge in [0.05, 0.1) is 6.20 Å². The van der Waals surface area contributed by atoms with Crippen molar-refractivity contribution in [2.45, 2.75) is 13.8 Å². The Labute approximate surface area is 93.4 Å². The fourth-order valence-corrected chi connectivity index (χ4v) is 1.67. The summed E-state index contributed by atoms with van der Waals surface area (Å²) in [6.07, 6.45) is 2.79. The predicted molar refractivity (Wildman–Crippen MR) is 60.8 cm³/mol. The molecule has 2 aromatic rings. The number of aromatic nitrogens is 1. The van der Waals surface area contributed by atoms with Gasteiger partial charge >= 0.3 is 0 Å². The number of aryl methyl sites for hydroxylation is 2. The summed E-state index contributed by atoms with van der Waals surface area (Å²) in [6.45, 7) is 3.68. The maximum Gasteiger partial charge on any atom is 0.142 e. The maximum absolute atomic E-state index is 13.1. The summed E-state index contributed by atoms with van der Waals surface area (Å²) >= 11 is 0. The van der Waals surface area contributed by atoms with Gasteiger partial charge in [-0.3, -0.25) is 4.98 Å². The van der Waals surface area contributed by atoms with E-state index in [4.69, 9.17) is 0 Å². The van der Waals surface area contributed by atoms with Crippen molar-refractivity contribution in [3.05, 3.63) is 47.5 Å². The van der Waals surface area contributed by atoms with Crippen molar-refractivity contribution in [2.75, 3.05) is 0 Å². The standard InChI is InChI=1S/C13H12FNO/c1-8-4-13(16)9(2)3-12(8)10-5-11(14)7-15-6-10/h3-7,16H,1-2H3. The van der Waals surface area contributed by atoms with Gasteiger partial charge in [0.1, 0.15) is 11.6 Å². The van der Waals surface area contributed by atoms with Crippen molar-refractivity contribution in [2.24, 2.45) is 0 Å². The first-order valence-electron chi connectivity index (χ1n) is 4.99. The fourth-order valence-electron chi connectivity index (χ4n) is 1.67. The Morgan fingerprint density at radius 1 is 1.06 bits per heavy atom. The zero-order valence-electron chi connectivity index (χ0n) is 9.16. The van der Waals surface area contributed by atoms with Gasteiger partial charge in [-0.2, -0.15) is 0 Å². The molecule has 0 aliphatic heterocycles. The summed E-state index contributed by atoms with van der Waals surface area (Å²) < 4.78 is 13.1. The molecule has 1 N–H and O–H groups in total. The molecule has 0 aliphatic rings. The van der Waals surface area contributed by atoms with E-state index in [0.29, 0.717) is 0 Å². The normalized spacial score (nSPS) is 10.4. The summed E-state index contributed by atoms with van der Waals surface area (Å²) in [7, 11) is 0. The number of phenolic OH excluding ortho intramolecular Hbond substituents is 1. The third kappa shape index (κ3) is 1.89. The van der Waals surface area contributed by atoms with Crippen LogP contribution < -0.4 is 0 Å². The van der Waals surface area contributed by atoms with Crippen molar-refractivity contribution < 1.29 is 9.50 Å². The second kappa shape index (κ2) is 3.93. The number of benzene rings is 1. The van der Waals surface area contributed by atoms with Crippen molar-refractivity contribution in [3.63, 3.8) is 0 Å². The smallest absolute Gasteiger partial charge is 0.142 e. The number of rotatable bonds is 1. The number of phenols is 1. The molecule has 0 amide bonds. The average molecular weight is 217 g/mol. The van der Waals surface area contributed by atoms with Crippen LogP contribution in [-0.4, -0.2) is 10.1 Å². The van der Waals surface area contributed by atoms with Gasteiger partial charge < -0.3 is 5.11 Å². The molecule has 16 heavy (non-hydrogen) atoms. The van der Waals surface area contributed by atoms with E-state index in [2.05, 4.69) is 4.98 Å². The fraction of sp³-hybridized carbons (Fsp3) is 0.154. The van der Waals surface area contributed by atoms with Gasteiger partial charge in [0.15, 0.2) is 0 Å². The van der Waals surface area contributed by atoms with Crippen LogP contribution in [0.1, 0.15) is 11.1 Å². The highest BCUT2D eigenvalue weighted by molar-refractivity contribution is 5.68. The van der Waals surface area contributed by atoms with E-state index in [1.807, 2.05) is 19.9 Å². The Balaban J connectivity index is 2.60. The third-order valence-corrected chi connectivity index (χ3v) is 2.56. The van der Waals surface area contributed by atoms with Gasteiger partial charge in [-0.15, -0.1) is 0 Å². The zero-order valence-corrected chi connectivity index (χ0v) is 9.16. The Bertz CT molecular complexity index is 537. The highest BCUT2D eigenvalue weighted by atomic mass is 19.1. The molecule has 0 saturated heterocycles. The maximum atomic E-state index is 13.1. The number of halogens is 1. The Kier molecular flexibility index (Phi) is 2.60. The second-order valence-electron chi connectivity index (χ2n) is 3.85. The number of nitrogens with zero attached hydrogens (tertiary/aromatic N) is 1. The monoisotopic (exact) mass is 217 g/mol. The minimum Gasteiger partial charge on any atom is -0.508 e. The lowest BCUT2D eigenvalue weighted by molar-refractivity contribution is 0.471. The number of hydrogen-bond donors (Lipinski definition) is 1. The molecule has 1 heterocycles. The topological polar surface area (TPSA) is 33.1 Å². The summed E-state index contributed by atoms with van der Waals surface area (Å²) in [5.41, 5.74) is 3.28. The molecule has 0 saturated carbocycles. The quantitative estimate of drug-likeness (QED) is 0.795.